The Hall–Kier alpha value is -2.48. The van der Waals surface area contributed by atoms with E-state index in [1.807, 2.05) is 36.5 Å². The molecule has 3 atom stereocenters. The highest BCUT2D eigenvalue weighted by Crippen LogP contribution is 2.25. The van der Waals surface area contributed by atoms with Crippen LogP contribution in [0.4, 0.5) is 5.82 Å². The van der Waals surface area contributed by atoms with Crippen LogP contribution in [0.25, 0.3) is 0 Å². The molecule has 1 aromatic heterocycles. The van der Waals surface area contributed by atoms with E-state index in [0.717, 1.165) is 37.2 Å². The van der Waals surface area contributed by atoms with Gasteiger partial charge in [-0.05, 0) is 49.3 Å². The molecule has 2 saturated heterocycles. The zero-order valence-corrected chi connectivity index (χ0v) is 17.3. The molecule has 1 aromatic carbocycles. The summed E-state index contributed by atoms with van der Waals surface area (Å²) >= 11 is 0. The Morgan fingerprint density at radius 3 is 2.80 bits per heavy atom. The molecule has 0 spiro atoms. The lowest BCUT2D eigenvalue weighted by Gasteiger charge is -2.36. The van der Waals surface area contributed by atoms with Crippen molar-refractivity contribution >= 4 is 11.7 Å². The Labute approximate surface area is 177 Å². The van der Waals surface area contributed by atoms with Gasteiger partial charge >= 0.3 is 0 Å². The van der Waals surface area contributed by atoms with Gasteiger partial charge in [0.15, 0.2) is 0 Å². The first kappa shape index (κ1) is 20.8. The van der Waals surface area contributed by atoms with Crippen LogP contribution in [0, 0.1) is 0 Å². The second-order valence-corrected chi connectivity index (χ2v) is 8.14. The predicted molar refractivity (Wildman–Crippen MR) is 117 cm³/mol. The zero-order valence-electron chi connectivity index (χ0n) is 17.3. The summed E-state index contributed by atoms with van der Waals surface area (Å²) in [5, 5.41) is 12.3. The van der Waals surface area contributed by atoms with Gasteiger partial charge in [-0.15, -0.1) is 0 Å². The quantitative estimate of drug-likeness (QED) is 0.560. The molecule has 7 nitrogen and oxygen atoms in total. The molecule has 2 fully saturated rings. The summed E-state index contributed by atoms with van der Waals surface area (Å²) in [5.41, 5.74) is 8.48. The number of pyridine rings is 1. The van der Waals surface area contributed by atoms with Crippen molar-refractivity contribution in [2.75, 3.05) is 18.1 Å². The number of piperidine rings is 1. The molecule has 0 aliphatic carbocycles. The maximum absolute atomic E-state index is 12.6. The van der Waals surface area contributed by atoms with E-state index in [0.29, 0.717) is 19.0 Å². The van der Waals surface area contributed by atoms with Gasteiger partial charge in [-0.2, -0.15) is 0 Å². The van der Waals surface area contributed by atoms with Crippen molar-refractivity contribution in [3.8, 4) is 0 Å². The van der Waals surface area contributed by atoms with Gasteiger partial charge in [0, 0.05) is 38.0 Å². The largest absolute Gasteiger partial charge is 0.396 e. The van der Waals surface area contributed by atoms with Gasteiger partial charge < -0.3 is 15.3 Å². The smallest absolute Gasteiger partial charge is 0.238 e. The molecular weight excluding hydrogens is 378 g/mol. The van der Waals surface area contributed by atoms with Gasteiger partial charge in [0.1, 0.15) is 11.9 Å². The minimum atomic E-state index is -0.255. The van der Waals surface area contributed by atoms with E-state index in [9.17, 15) is 9.90 Å². The topological polar surface area (TPSA) is 89.5 Å². The van der Waals surface area contributed by atoms with E-state index >= 15 is 0 Å². The highest BCUT2D eigenvalue weighted by molar-refractivity contribution is 5.82. The first-order valence-corrected chi connectivity index (χ1v) is 10.9. The lowest BCUT2D eigenvalue weighted by molar-refractivity contribution is -0.123. The standard InChI is InChI=1S/C23H31N5O2/c29-13-11-19-8-4-5-12-28(19)22-10-9-17(15-24-22)16-25-23(30)21-14-20(26-27-21)18-6-2-1-3-7-18/h1-3,6-7,9-10,15,19-21,26-27,29H,4-5,8,11-14,16H2,(H,25,30). The molecule has 30 heavy (non-hydrogen) atoms. The molecule has 0 bridgehead atoms. The Bertz CT molecular complexity index is 812. The summed E-state index contributed by atoms with van der Waals surface area (Å²) in [6, 6.07) is 14.5. The number of benzene rings is 1. The highest BCUT2D eigenvalue weighted by atomic mass is 16.3. The van der Waals surface area contributed by atoms with Crippen LogP contribution in [-0.4, -0.2) is 41.2 Å². The van der Waals surface area contributed by atoms with E-state index in [2.05, 4.69) is 38.2 Å². The van der Waals surface area contributed by atoms with Gasteiger partial charge in [-0.25, -0.2) is 15.8 Å². The van der Waals surface area contributed by atoms with Crippen LogP contribution in [0.5, 0.6) is 0 Å². The number of hydrogen-bond acceptors (Lipinski definition) is 6. The van der Waals surface area contributed by atoms with E-state index in [1.54, 1.807) is 0 Å². The molecule has 3 unspecified atom stereocenters. The summed E-state index contributed by atoms with van der Waals surface area (Å²) in [6.07, 6.45) is 6.81. The number of hydrogen-bond donors (Lipinski definition) is 4. The lowest BCUT2D eigenvalue weighted by Crippen LogP contribution is -2.43. The number of amides is 1. The van der Waals surface area contributed by atoms with Crippen LogP contribution in [0.2, 0.25) is 0 Å². The number of carbonyl (C=O) groups is 1. The normalized spacial score (nSPS) is 24.0. The van der Waals surface area contributed by atoms with Crippen molar-refractivity contribution in [2.24, 2.45) is 0 Å². The highest BCUT2D eigenvalue weighted by Gasteiger charge is 2.29. The fourth-order valence-electron chi connectivity index (χ4n) is 4.39. The number of aromatic nitrogens is 1. The zero-order chi connectivity index (χ0) is 20.8. The monoisotopic (exact) mass is 409 g/mol. The summed E-state index contributed by atoms with van der Waals surface area (Å²) in [5.74, 6) is 0.944. The molecule has 0 saturated carbocycles. The van der Waals surface area contributed by atoms with E-state index in [1.165, 1.54) is 12.0 Å². The van der Waals surface area contributed by atoms with E-state index in [-0.39, 0.29) is 24.6 Å². The molecular formula is C23H31N5O2. The maximum Gasteiger partial charge on any atom is 0.238 e. The third kappa shape index (κ3) is 4.98. The van der Waals surface area contributed by atoms with E-state index < -0.39 is 0 Å². The molecule has 1 amide bonds. The molecule has 4 rings (SSSR count). The second-order valence-electron chi connectivity index (χ2n) is 8.14. The number of carbonyl (C=O) groups excluding carboxylic acids is 1. The van der Waals surface area contributed by atoms with Gasteiger partial charge in [0.2, 0.25) is 5.91 Å². The van der Waals surface area contributed by atoms with E-state index in [4.69, 9.17) is 0 Å². The predicted octanol–water partition coefficient (Wildman–Crippen LogP) is 2.05. The van der Waals surface area contributed by atoms with Crippen LogP contribution in [0.3, 0.4) is 0 Å². The molecule has 2 aromatic rings. The first-order valence-electron chi connectivity index (χ1n) is 10.9. The van der Waals surface area contributed by atoms with Crippen molar-refractivity contribution in [1.29, 1.82) is 0 Å². The van der Waals surface area contributed by atoms with Gasteiger partial charge in [-0.1, -0.05) is 36.4 Å². The summed E-state index contributed by atoms with van der Waals surface area (Å²) in [6.45, 7) is 1.65. The average molecular weight is 410 g/mol. The Morgan fingerprint density at radius 1 is 1.17 bits per heavy atom. The lowest BCUT2D eigenvalue weighted by atomic mass is 9.99. The van der Waals surface area contributed by atoms with Crippen LogP contribution >= 0.6 is 0 Å². The minimum Gasteiger partial charge on any atom is -0.396 e. The molecule has 3 heterocycles. The summed E-state index contributed by atoms with van der Waals surface area (Å²) in [7, 11) is 0. The number of nitrogens with one attached hydrogen (secondary N) is 3. The number of hydrazine groups is 1. The average Bonchev–Trinajstić information content (AvgIpc) is 3.30. The molecule has 160 valence electrons. The SMILES string of the molecule is O=C(NCc1ccc(N2CCCCC2CCO)nc1)C1CC(c2ccccc2)NN1. The third-order valence-electron chi connectivity index (χ3n) is 6.08. The van der Waals surface area contributed by atoms with Gasteiger partial charge in [0.25, 0.3) is 0 Å². The Morgan fingerprint density at radius 2 is 2.03 bits per heavy atom. The van der Waals surface area contributed by atoms with Crippen LogP contribution < -0.4 is 21.1 Å². The number of aliphatic hydroxyl groups is 1. The van der Waals surface area contributed by atoms with Crippen molar-refractivity contribution in [3.63, 3.8) is 0 Å². The number of rotatable bonds is 7. The van der Waals surface area contributed by atoms with Gasteiger partial charge in [-0.3, -0.25) is 4.79 Å². The second kappa shape index (κ2) is 10.0. The fraction of sp³-hybridized carbons (Fsp3) is 0.478. The van der Waals surface area contributed by atoms with Crippen molar-refractivity contribution in [2.45, 2.75) is 56.8 Å². The number of anilines is 1. The first-order chi connectivity index (χ1) is 14.7. The van der Waals surface area contributed by atoms with Crippen molar-refractivity contribution in [3.05, 3.63) is 59.8 Å². The molecule has 0 radical (unpaired) electrons. The van der Waals surface area contributed by atoms with Crippen LogP contribution in [0.1, 0.15) is 49.3 Å². The minimum absolute atomic E-state index is 0.0101. The molecule has 4 N–H and O–H groups in total. The third-order valence-corrected chi connectivity index (χ3v) is 6.08. The van der Waals surface area contributed by atoms with Crippen LogP contribution in [0.15, 0.2) is 48.7 Å². The number of nitrogens with zero attached hydrogens (tertiary/aromatic N) is 2. The van der Waals surface area contributed by atoms with Crippen molar-refractivity contribution in [1.82, 2.24) is 21.2 Å². The molecule has 2 aliphatic heterocycles. The molecule has 7 heteroatoms. The van der Waals surface area contributed by atoms with Crippen LogP contribution in [-0.2, 0) is 11.3 Å². The maximum atomic E-state index is 12.6. The summed E-state index contributed by atoms with van der Waals surface area (Å²) < 4.78 is 0. The molecule has 2 aliphatic rings. The Kier molecular flexibility index (Phi) is 6.94. The number of aliphatic hydroxyl groups excluding tert-OH is 1. The Balaban J connectivity index is 1.28. The van der Waals surface area contributed by atoms with Crippen molar-refractivity contribution < 1.29 is 9.90 Å². The van der Waals surface area contributed by atoms with Gasteiger partial charge in [0.05, 0.1) is 0 Å². The fourth-order valence-corrected chi connectivity index (χ4v) is 4.39. The summed E-state index contributed by atoms with van der Waals surface area (Å²) in [4.78, 5) is 19.5.